The fourth-order valence-corrected chi connectivity index (χ4v) is 2.98. The minimum atomic E-state index is -0.0954. The number of carbonyl (C=O) groups is 1. The third kappa shape index (κ3) is 3.00. The molecular formula is C15H17BrN4O. The van der Waals surface area contributed by atoms with Crippen molar-refractivity contribution in [2.75, 3.05) is 0 Å². The first-order valence-corrected chi connectivity index (χ1v) is 7.92. The third-order valence-corrected chi connectivity index (χ3v) is 4.31. The van der Waals surface area contributed by atoms with E-state index in [4.69, 9.17) is 0 Å². The van der Waals surface area contributed by atoms with Crippen LogP contribution in [0.1, 0.15) is 41.9 Å². The van der Waals surface area contributed by atoms with Gasteiger partial charge in [0.2, 0.25) is 0 Å². The van der Waals surface area contributed by atoms with Gasteiger partial charge in [0.05, 0.1) is 16.7 Å². The van der Waals surface area contributed by atoms with Crippen LogP contribution in [-0.2, 0) is 6.54 Å². The van der Waals surface area contributed by atoms with E-state index in [9.17, 15) is 4.79 Å². The van der Waals surface area contributed by atoms with Gasteiger partial charge >= 0.3 is 0 Å². The van der Waals surface area contributed by atoms with E-state index in [1.165, 1.54) is 0 Å². The fourth-order valence-electron chi connectivity index (χ4n) is 2.50. The highest BCUT2D eigenvalue weighted by Crippen LogP contribution is 2.41. The van der Waals surface area contributed by atoms with E-state index in [1.54, 1.807) is 17.1 Å². The van der Waals surface area contributed by atoms with E-state index in [1.807, 2.05) is 25.3 Å². The second kappa shape index (κ2) is 5.97. The quantitative estimate of drug-likeness (QED) is 0.903. The maximum Gasteiger partial charge on any atom is 0.271 e. The number of rotatable bonds is 5. The predicted octanol–water partition coefficient (Wildman–Crippen LogP) is 2.94. The van der Waals surface area contributed by atoms with Crippen molar-refractivity contribution >= 4 is 21.8 Å². The molecule has 1 amide bonds. The summed E-state index contributed by atoms with van der Waals surface area (Å²) in [5, 5.41) is 7.34. The largest absolute Gasteiger partial charge is 0.344 e. The molecule has 21 heavy (non-hydrogen) atoms. The molecule has 1 saturated carbocycles. The molecule has 110 valence electrons. The van der Waals surface area contributed by atoms with Crippen LogP contribution < -0.4 is 5.32 Å². The molecule has 0 aliphatic heterocycles. The molecular weight excluding hydrogens is 332 g/mol. The summed E-state index contributed by atoms with van der Waals surface area (Å²) >= 11 is 3.40. The molecule has 2 aromatic rings. The highest BCUT2D eigenvalue weighted by atomic mass is 79.9. The Kier molecular flexibility index (Phi) is 4.05. The van der Waals surface area contributed by atoms with Gasteiger partial charge in [0, 0.05) is 18.9 Å². The highest BCUT2D eigenvalue weighted by Gasteiger charge is 2.34. The lowest BCUT2D eigenvalue weighted by molar-refractivity contribution is 0.0920. The minimum absolute atomic E-state index is 0.0262. The number of carbonyl (C=O) groups excluding carboxylic acids is 1. The van der Waals surface area contributed by atoms with Gasteiger partial charge < -0.3 is 5.32 Å². The summed E-state index contributed by atoms with van der Waals surface area (Å²) in [6.07, 6.45) is 7.53. The molecule has 0 aromatic carbocycles. The van der Waals surface area contributed by atoms with Crippen molar-refractivity contribution in [3.05, 3.63) is 46.5 Å². The number of nitrogens with zero attached hydrogens (tertiary/aromatic N) is 3. The SMILES string of the molecule is CCn1ncc(Br)c1C(=O)NC(c1cccnc1)C1CC1. The number of hydrogen-bond donors (Lipinski definition) is 1. The van der Waals surface area contributed by atoms with E-state index in [0.717, 1.165) is 22.9 Å². The summed E-state index contributed by atoms with van der Waals surface area (Å²) < 4.78 is 2.43. The van der Waals surface area contributed by atoms with Crippen LogP contribution in [0.15, 0.2) is 35.2 Å². The number of aromatic nitrogens is 3. The van der Waals surface area contributed by atoms with Crippen LogP contribution in [0.2, 0.25) is 0 Å². The van der Waals surface area contributed by atoms with Crippen LogP contribution in [-0.4, -0.2) is 20.7 Å². The van der Waals surface area contributed by atoms with Gasteiger partial charge in [0.1, 0.15) is 5.69 Å². The average molecular weight is 349 g/mol. The molecule has 5 nitrogen and oxygen atoms in total. The van der Waals surface area contributed by atoms with Crippen molar-refractivity contribution in [3.63, 3.8) is 0 Å². The van der Waals surface area contributed by atoms with Crippen LogP contribution in [0.25, 0.3) is 0 Å². The summed E-state index contributed by atoms with van der Waals surface area (Å²) in [4.78, 5) is 16.8. The molecule has 6 heteroatoms. The zero-order valence-corrected chi connectivity index (χ0v) is 13.4. The van der Waals surface area contributed by atoms with Crippen molar-refractivity contribution in [1.82, 2.24) is 20.1 Å². The van der Waals surface area contributed by atoms with Gasteiger partial charge in [-0.15, -0.1) is 0 Å². The Labute approximate surface area is 131 Å². The van der Waals surface area contributed by atoms with Gasteiger partial charge in [0.25, 0.3) is 5.91 Å². The Balaban J connectivity index is 1.83. The topological polar surface area (TPSA) is 59.8 Å². The molecule has 0 radical (unpaired) electrons. The number of aryl methyl sites for hydroxylation is 1. The van der Waals surface area contributed by atoms with Crippen molar-refractivity contribution in [1.29, 1.82) is 0 Å². The molecule has 0 spiro atoms. The average Bonchev–Trinajstić information content (AvgIpc) is 3.27. The monoisotopic (exact) mass is 348 g/mol. The second-order valence-electron chi connectivity index (χ2n) is 5.23. The van der Waals surface area contributed by atoms with Crippen LogP contribution in [0.4, 0.5) is 0 Å². The molecule has 1 N–H and O–H groups in total. The van der Waals surface area contributed by atoms with Crippen LogP contribution in [0.5, 0.6) is 0 Å². The summed E-state index contributed by atoms with van der Waals surface area (Å²) in [6.45, 7) is 2.63. The van der Waals surface area contributed by atoms with Gasteiger partial charge in [-0.3, -0.25) is 14.5 Å². The normalized spacial score (nSPS) is 15.7. The summed E-state index contributed by atoms with van der Waals surface area (Å²) in [5.41, 5.74) is 1.64. The minimum Gasteiger partial charge on any atom is -0.344 e. The standard InChI is InChI=1S/C15H17BrN4O/c1-2-20-14(12(16)9-18-20)15(21)19-13(10-5-6-10)11-4-3-7-17-8-11/h3-4,7-10,13H,2,5-6H2,1H3,(H,19,21). The van der Waals surface area contributed by atoms with E-state index in [-0.39, 0.29) is 11.9 Å². The number of pyridine rings is 1. The summed E-state index contributed by atoms with van der Waals surface area (Å²) in [7, 11) is 0. The first-order chi connectivity index (χ1) is 10.2. The lowest BCUT2D eigenvalue weighted by Crippen LogP contribution is -2.32. The Morgan fingerprint density at radius 3 is 2.95 bits per heavy atom. The molecule has 1 aliphatic rings. The van der Waals surface area contributed by atoms with Crippen LogP contribution >= 0.6 is 15.9 Å². The maximum atomic E-state index is 12.6. The fraction of sp³-hybridized carbons (Fsp3) is 0.400. The molecule has 0 saturated heterocycles. The maximum absolute atomic E-state index is 12.6. The Morgan fingerprint density at radius 2 is 2.33 bits per heavy atom. The highest BCUT2D eigenvalue weighted by molar-refractivity contribution is 9.10. The van der Waals surface area contributed by atoms with E-state index < -0.39 is 0 Å². The van der Waals surface area contributed by atoms with Crippen LogP contribution in [0, 0.1) is 5.92 Å². The zero-order chi connectivity index (χ0) is 14.8. The Hall–Kier alpha value is -1.69. The zero-order valence-electron chi connectivity index (χ0n) is 11.8. The number of nitrogens with one attached hydrogen (secondary N) is 1. The summed E-state index contributed by atoms with van der Waals surface area (Å²) in [6, 6.07) is 3.95. The number of amides is 1. The van der Waals surface area contributed by atoms with Crippen molar-refractivity contribution < 1.29 is 4.79 Å². The summed E-state index contributed by atoms with van der Waals surface area (Å²) in [5.74, 6) is 0.414. The van der Waals surface area contributed by atoms with Gasteiger partial charge in [-0.1, -0.05) is 6.07 Å². The predicted molar refractivity (Wildman–Crippen MR) is 82.8 cm³/mol. The first-order valence-electron chi connectivity index (χ1n) is 7.12. The van der Waals surface area contributed by atoms with Crippen molar-refractivity contribution in [2.45, 2.75) is 32.4 Å². The second-order valence-corrected chi connectivity index (χ2v) is 6.09. The van der Waals surface area contributed by atoms with Crippen LogP contribution in [0.3, 0.4) is 0 Å². The van der Waals surface area contributed by atoms with Crippen molar-refractivity contribution in [2.24, 2.45) is 5.92 Å². The first kappa shape index (κ1) is 14.3. The van der Waals surface area contributed by atoms with E-state index in [0.29, 0.717) is 18.2 Å². The third-order valence-electron chi connectivity index (χ3n) is 3.73. The molecule has 3 rings (SSSR count). The van der Waals surface area contributed by atoms with Gasteiger partial charge in [-0.25, -0.2) is 0 Å². The molecule has 1 atom stereocenters. The van der Waals surface area contributed by atoms with E-state index in [2.05, 4.69) is 31.3 Å². The molecule has 1 unspecified atom stereocenters. The number of hydrogen-bond acceptors (Lipinski definition) is 3. The lowest BCUT2D eigenvalue weighted by Gasteiger charge is -2.18. The number of halogens is 1. The molecule has 1 fully saturated rings. The Bertz CT molecular complexity index is 636. The molecule has 0 bridgehead atoms. The molecule has 1 aliphatic carbocycles. The van der Waals surface area contributed by atoms with Gasteiger partial charge in [-0.2, -0.15) is 5.10 Å². The van der Waals surface area contributed by atoms with Gasteiger partial charge in [-0.05, 0) is 53.2 Å². The lowest BCUT2D eigenvalue weighted by atomic mass is 10.0. The molecule has 2 heterocycles. The Morgan fingerprint density at radius 1 is 1.52 bits per heavy atom. The smallest absolute Gasteiger partial charge is 0.271 e. The molecule has 2 aromatic heterocycles. The van der Waals surface area contributed by atoms with E-state index >= 15 is 0 Å². The van der Waals surface area contributed by atoms with Gasteiger partial charge in [0.15, 0.2) is 0 Å². The van der Waals surface area contributed by atoms with Crippen molar-refractivity contribution in [3.8, 4) is 0 Å².